The van der Waals surface area contributed by atoms with Crippen molar-refractivity contribution in [1.29, 1.82) is 0 Å². The van der Waals surface area contributed by atoms with Crippen LogP contribution in [0.15, 0.2) is 54.6 Å². The molecule has 1 fully saturated rings. The maximum absolute atomic E-state index is 12.5. The van der Waals surface area contributed by atoms with E-state index in [1.165, 1.54) is 7.11 Å². The third-order valence-electron chi connectivity index (χ3n) is 4.80. The Morgan fingerprint density at radius 2 is 1.85 bits per heavy atom. The van der Waals surface area contributed by atoms with Gasteiger partial charge in [0.25, 0.3) is 0 Å². The van der Waals surface area contributed by atoms with Crippen LogP contribution in [0, 0.1) is 0 Å². The van der Waals surface area contributed by atoms with E-state index in [1.54, 1.807) is 11.0 Å². The van der Waals surface area contributed by atoms with Crippen molar-refractivity contribution in [3.8, 4) is 0 Å². The third kappa shape index (κ3) is 4.65. The predicted molar refractivity (Wildman–Crippen MR) is 101 cm³/mol. The minimum atomic E-state index is -0.366. The second-order valence-electron chi connectivity index (χ2n) is 6.60. The van der Waals surface area contributed by atoms with Gasteiger partial charge in [-0.2, -0.15) is 0 Å². The summed E-state index contributed by atoms with van der Waals surface area (Å²) in [4.78, 5) is 28.2. The van der Waals surface area contributed by atoms with Crippen LogP contribution >= 0.6 is 0 Å². The Bertz CT molecular complexity index is 794. The van der Waals surface area contributed by atoms with Crippen molar-refractivity contribution in [2.45, 2.75) is 12.6 Å². The number of methoxy groups -OCH3 is 1. The zero-order valence-corrected chi connectivity index (χ0v) is 15.6. The minimum Gasteiger partial charge on any atom is -0.465 e. The van der Waals surface area contributed by atoms with Gasteiger partial charge in [0.2, 0.25) is 0 Å². The summed E-state index contributed by atoms with van der Waals surface area (Å²) in [6.07, 6.45) is -0.318. The van der Waals surface area contributed by atoms with Crippen molar-refractivity contribution in [1.82, 2.24) is 9.80 Å². The van der Waals surface area contributed by atoms with E-state index in [0.717, 1.165) is 17.7 Å². The Labute approximate surface area is 159 Å². The van der Waals surface area contributed by atoms with Gasteiger partial charge in [-0.1, -0.05) is 42.5 Å². The normalized spacial score (nSPS) is 17.4. The third-order valence-corrected chi connectivity index (χ3v) is 4.80. The number of hydrogen-bond donors (Lipinski definition) is 0. The van der Waals surface area contributed by atoms with E-state index >= 15 is 0 Å². The Morgan fingerprint density at radius 1 is 1.07 bits per heavy atom. The molecule has 0 saturated carbocycles. The highest BCUT2D eigenvalue weighted by Gasteiger charge is 2.29. The molecule has 6 heteroatoms. The largest absolute Gasteiger partial charge is 0.465 e. The topological polar surface area (TPSA) is 59.1 Å². The molecule has 3 rings (SSSR count). The second-order valence-corrected chi connectivity index (χ2v) is 6.60. The van der Waals surface area contributed by atoms with Gasteiger partial charge < -0.3 is 14.4 Å². The molecular formula is C21H24N2O4. The number of nitrogens with zero attached hydrogens (tertiary/aromatic N) is 2. The number of benzene rings is 2. The van der Waals surface area contributed by atoms with Crippen LogP contribution in [-0.2, 0) is 16.1 Å². The summed E-state index contributed by atoms with van der Waals surface area (Å²) in [5.74, 6) is -0.366. The predicted octanol–water partition coefficient (Wildman–Crippen LogP) is 3.10. The smallest absolute Gasteiger partial charge is 0.410 e. The molecule has 2 aromatic rings. The summed E-state index contributed by atoms with van der Waals surface area (Å²) in [5.41, 5.74) is 2.44. The van der Waals surface area contributed by atoms with Gasteiger partial charge in [-0.3, -0.25) is 4.90 Å². The molecule has 1 atom stereocenters. The van der Waals surface area contributed by atoms with Gasteiger partial charge in [0.05, 0.1) is 18.7 Å². The number of hydrogen-bond acceptors (Lipinski definition) is 5. The van der Waals surface area contributed by atoms with E-state index < -0.39 is 0 Å². The summed E-state index contributed by atoms with van der Waals surface area (Å²) in [7, 11) is 3.38. The van der Waals surface area contributed by atoms with Gasteiger partial charge in [0.1, 0.15) is 6.61 Å². The van der Waals surface area contributed by atoms with Crippen LogP contribution < -0.4 is 0 Å². The number of amides is 1. The number of rotatable bonds is 4. The van der Waals surface area contributed by atoms with Crippen LogP contribution in [0.1, 0.15) is 27.5 Å². The molecule has 6 nitrogen and oxygen atoms in total. The van der Waals surface area contributed by atoms with Crippen molar-refractivity contribution in [3.05, 3.63) is 71.3 Å². The molecule has 0 spiro atoms. The van der Waals surface area contributed by atoms with Crippen molar-refractivity contribution < 1.29 is 19.1 Å². The first kappa shape index (κ1) is 18.9. The van der Waals surface area contributed by atoms with Gasteiger partial charge in [-0.25, -0.2) is 9.59 Å². The summed E-state index contributed by atoms with van der Waals surface area (Å²) in [6, 6.07) is 17.0. The molecule has 0 radical (unpaired) electrons. The molecule has 0 aromatic heterocycles. The van der Waals surface area contributed by atoms with Crippen LogP contribution in [0.5, 0.6) is 0 Å². The Kier molecular flexibility index (Phi) is 6.08. The van der Waals surface area contributed by atoms with Crippen LogP contribution in [0.3, 0.4) is 0 Å². The molecule has 1 amide bonds. The zero-order chi connectivity index (χ0) is 19.2. The summed E-state index contributed by atoms with van der Waals surface area (Å²) < 4.78 is 10.3. The van der Waals surface area contributed by atoms with Crippen molar-refractivity contribution >= 4 is 12.1 Å². The maximum atomic E-state index is 12.5. The Morgan fingerprint density at radius 3 is 2.59 bits per heavy atom. The fourth-order valence-electron chi connectivity index (χ4n) is 3.20. The second kappa shape index (κ2) is 8.68. The minimum absolute atomic E-state index is 0.00682. The highest BCUT2D eigenvalue weighted by atomic mass is 16.6. The van der Waals surface area contributed by atoms with E-state index in [2.05, 4.69) is 4.90 Å². The highest BCUT2D eigenvalue weighted by Crippen LogP contribution is 2.25. The van der Waals surface area contributed by atoms with Crippen LogP contribution in [0.4, 0.5) is 4.79 Å². The van der Waals surface area contributed by atoms with Gasteiger partial charge in [0.15, 0.2) is 0 Å². The monoisotopic (exact) mass is 368 g/mol. The van der Waals surface area contributed by atoms with Crippen molar-refractivity contribution in [2.24, 2.45) is 0 Å². The number of carbonyl (C=O) groups excluding carboxylic acids is 2. The van der Waals surface area contributed by atoms with E-state index in [4.69, 9.17) is 9.47 Å². The van der Waals surface area contributed by atoms with E-state index in [0.29, 0.717) is 18.7 Å². The summed E-state index contributed by atoms with van der Waals surface area (Å²) in [6.45, 7) is 2.11. The molecular weight excluding hydrogens is 344 g/mol. The van der Waals surface area contributed by atoms with E-state index in [1.807, 2.05) is 55.6 Å². The summed E-state index contributed by atoms with van der Waals surface area (Å²) >= 11 is 0. The van der Waals surface area contributed by atoms with Crippen LogP contribution in [0.2, 0.25) is 0 Å². The number of likely N-dealkylation sites (N-methyl/N-ethyl adjacent to an activating group) is 1. The van der Waals surface area contributed by atoms with Crippen molar-refractivity contribution in [3.63, 3.8) is 0 Å². The van der Waals surface area contributed by atoms with Gasteiger partial charge in [-0.05, 0) is 30.3 Å². The molecule has 1 unspecified atom stereocenters. The Hall–Kier alpha value is -2.86. The quantitative estimate of drug-likeness (QED) is 0.776. The average molecular weight is 368 g/mol. The van der Waals surface area contributed by atoms with Gasteiger partial charge in [0, 0.05) is 19.6 Å². The van der Waals surface area contributed by atoms with Crippen LogP contribution in [0.25, 0.3) is 0 Å². The molecule has 1 aliphatic rings. The molecule has 1 heterocycles. The highest BCUT2D eigenvalue weighted by molar-refractivity contribution is 5.89. The Balaban J connectivity index is 1.67. The number of esters is 1. The molecule has 1 aliphatic heterocycles. The van der Waals surface area contributed by atoms with Gasteiger partial charge in [-0.15, -0.1) is 0 Å². The van der Waals surface area contributed by atoms with Crippen molar-refractivity contribution in [2.75, 3.05) is 33.8 Å². The fraction of sp³-hybridized carbons (Fsp3) is 0.333. The lowest BCUT2D eigenvalue weighted by atomic mass is 10.0. The first-order valence-electron chi connectivity index (χ1n) is 8.92. The SMILES string of the molecule is COC(=O)c1cccc(C2CN(C(=O)OCc3ccccc3)CCN2C)c1. The number of piperazine rings is 1. The first-order chi connectivity index (χ1) is 13.1. The molecule has 1 saturated heterocycles. The average Bonchev–Trinajstić information content (AvgIpc) is 2.72. The van der Waals surface area contributed by atoms with E-state index in [-0.39, 0.29) is 24.7 Å². The fourth-order valence-corrected chi connectivity index (χ4v) is 3.20. The molecule has 142 valence electrons. The number of carbonyl (C=O) groups is 2. The van der Waals surface area contributed by atoms with Gasteiger partial charge >= 0.3 is 12.1 Å². The zero-order valence-electron chi connectivity index (χ0n) is 15.6. The van der Waals surface area contributed by atoms with Crippen LogP contribution in [-0.4, -0.2) is 55.7 Å². The molecule has 0 aliphatic carbocycles. The first-order valence-corrected chi connectivity index (χ1v) is 8.92. The maximum Gasteiger partial charge on any atom is 0.410 e. The molecule has 2 aromatic carbocycles. The lowest BCUT2D eigenvalue weighted by Crippen LogP contribution is -2.49. The number of ether oxygens (including phenoxy) is 2. The summed E-state index contributed by atoms with van der Waals surface area (Å²) in [5, 5.41) is 0. The molecule has 0 N–H and O–H groups in total. The molecule has 27 heavy (non-hydrogen) atoms. The molecule has 0 bridgehead atoms. The standard InChI is InChI=1S/C21H24N2O4/c1-22-11-12-23(21(25)27-15-16-7-4-3-5-8-16)14-19(22)17-9-6-10-18(13-17)20(24)26-2/h3-10,13,19H,11-12,14-15H2,1-2H3. The lowest BCUT2D eigenvalue weighted by Gasteiger charge is -2.39. The lowest BCUT2D eigenvalue weighted by molar-refractivity contribution is 0.0556. The van der Waals surface area contributed by atoms with E-state index in [9.17, 15) is 9.59 Å².